The first-order valence-electron chi connectivity index (χ1n) is 12.6. The van der Waals surface area contributed by atoms with Crippen LogP contribution in [0.5, 0.6) is 11.5 Å². The molecule has 0 saturated carbocycles. The SMILES string of the molecule is C#CCOc1ccc(C=c2sc3n(c2=O)[C@H](c2cccc(OC)c2)C(C(=O)OCC)=C(c2ccccc2)N=3)cc1. The van der Waals surface area contributed by atoms with Gasteiger partial charge in [0.25, 0.3) is 5.56 Å². The molecule has 0 fully saturated rings. The van der Waals surface area contributed by atoms with E-state index in [-0.39, 0.29) is 24.3 Å². The van der Waals surface area contributed by atoms with Gasteiger partial charge in [-0.1, -0.05) is 71.9 Å². The minimum atomic E-state index is -0.776. The zero-order chi connectivity index (χ0) is 28.1. The summed E-state index contributed by atoms with van der Waals surface area (Å²) in [6, 6.07) is 23.3. The largest absolute Gasteiger partial charge is 0.497 e. The number of carbonyl (C=O) groups is 1. The van der Waals surface area contributed by atoms with Crippen molar-refractivity contribution in [1.82, 2.24) is 4.57 Å². The summed E-state index contributed by atoms with van der Waals surface area (Å²) < 4.78 is 18.5. The molecule has 0 unspecified atom stereocenters. The van der Waals surface area contributed by atoms with Gasteiger partial charge >= 0.3 is 5.97 Å². The van der Waals surface area contributed by atoms with Crippen LogP contribution in [0.25, 0.3) is 11.8 Å². The number of benzene rings is 3. The molecule has 4 aromatic rings. The van der Waals surface area contributed by atoms with E-state index in [2.05, 4.69) is 5.92 Å². The lowest BCUT2D eigenvalue weighted by molar-refractivity contribution is -0.138. The summed E-state index contributed by atoms with van der Waals surface area (Å²) in [5.41, 5.74) is 2.75. The van der Waals surface area contributed by atoms with Gasteiger partial charge in [-0.3, -0.25) is 9.36 Å². The molecule has 0 bridgehead atoms. The maximum absolute atomic E-state index is 14.0. The quantitative estimate of drug-likeness (QED) is 0.245. The Morgan fingerprint density at radius 2 is 1.85 bits per heavy atom. The lowest BCUT2D eigenvalue weighted by Crippen LogP contribution is -2.40. The molecule has 1 aliphatic rings. The second kappa shape index (κ2) is 11.9. The van der Waals surface area contributed by atoms with Crippen molar-refractivity contribution in [2.24, 2.45) is 4.99 Å². The molecule has 5 rings (SSSR count). The summed E-state index contributed by atoms with van der Waals surface area (Å²) in [6.45, 7) is 2.11. The van der Waals surface area contributed by atoms with Crippen LogP contribution in [0.15, 0.2) is 94.2 Å². The number of hydrogen-bond acceptors (Lipinski definition) is 7. The highest BCUT2D eigenvalue weighted by molar-refractivity contribution is 7.07. The van der Waals surface area contributed by atoms with Crippen LogP contribution in [0.2, 0.25) is 0 Å². The number of ether oxygens (including phenoxy) is 3. The van der Waals surface area contributed by atoms with Crippen LogP contribution < -0.4 is 24.4 Å². The molecule has 7 nitrogen and oxygen atoms in total. The van der Waals surface area contributed by atoms with Gasteiger partial charge in [0.15, 0.2) is 4.80 Å². The Hall–Kier alpha value is -4.87. The van der Waals surface area contributed by atoms with E-state index in [1.165, 1.54) is 11.3 Å². The monoisotopic (exact) mass is 550 g/mol. The van der Waals surface area contributed by atoms with Crippen molar-refractivity contribution in [1.29, 1.82) is 0 Å². The topological polar surface area (TPSA) is 79.1 Å². The predicted molar refractivity (Wildman–Crippen MR) is 155 cm³/mol. The minimum Gasteiger partial charge on any atom is -0.497 e. The number of hydrogen-bond donors (Lipinski definition) is 0. The highest BCUT2D eigenvalue weighted by atomic mass is 32.1. The van der Waals surface area contributed by atoms with E-state index in [0.717, 1.165) is 11.1 Å². The standard InChI is InChI=1S/C32H26N2O5S/c1-4-18-39-24-16-14-21(15-17-24)19-26-30(35)34-29(23-12-9-13-25(20-23)37-3)27(31(36)38-5-2)28(33-32(34)40-26)22-10-7-6-8-11-22/h1,6-17,19-20,29H,5,18H2,2-3H3/t29-/m1/s1. The molecule has 0 aliphatic carbocycles. The smallest absolute Gasteiger partial charge is 0.338 e. The molecule has 3 aromatic carbocycles. The summed E-state index contributed by atoms with van der Waals surface area (Å²) in [7, 11) is 1.57. The molecule has 40 heavy (non-hydrogen) atoms. The zero-order valence-electron chi connectivity index (χ0n) is 22.0. The third-order valence-electron chi connectivity index (χ3n) is 6.28. The molecule has 0 radical (unpaired) electrons. The number of methoxy groups -OCH3 is 1. The number of nitrogens with zero attached hydrogens (tertiary/aromatic N) is 2. The summed E-state index contributed by atoms with van der Waals surface area (Å²) in [6.07, 6.45) is 7.07. The van der Waals surface area contributed by atoms with E-state index in [4.69, 9.17) is 25.6 Å². The van der Waals surface area contributed by atoms with Crippen LogP contribution in [0.1, 0.15) is 29.7 Å². The summed E-state index contributed by atoms with van der Waals surface area (Å²) >= 11 is 1.26. The van der Waals surface area contributed by atoms with E-state index in [1.807, 2.05) is 66.7 Å². The Balaban J connectivity index is 1.75. The first-order chi connectivity index (χ1) is 19.5. The minimum absolute atomic E-state index is 0.175. The molecule has 1 aromatic heterocycles. The van der Waals surface area contributed by atoms with E-state index < -0.39 is 12.0 Å². The van der Waals surface area contributed by atoms with Crippen LogP contribution in [0, 0.1) is 12.3 Å². The van der Waals surface area contributed by atoms with Gasteiger partial charge in [-0.05, 0) is 48.4 Å². The zero-order valence-corrected chi connectivity index (χ0v) is 22.8. The molecule has 1 atom stereocenters. The average Bonchev–Trinajstić information content (AvgIpc) is 3.30. The van der Waals surface area contributed by atoms with Crippen LogP contribution in [-0.2, 0) is 9.53 Å². The highest BCUT2D eigenvalue weighted by Gasteiger charge is 2.35. The number of esters is 1. The number of carbonyl (C=O) groups excluding carboxylic acids is 1. The average molecular weight is 551 g/mol. The predicted octanol–water partition coefficient (Wildman–Crippen LogP) is 3.96. The van der Waals surface area contributed by atoms with E-state index in [0.29, 0.717) is 32.1 Å². The molecule has 0 spiro atoms. The van der Waals surface area contributed by atoms with E-state index in [9.17, 15) is 9.59 Å². The molecule has 0 N–H and O–H groups in total. The van der Waals surface area contributed by atoms with E-state index in [1.54, 1.807) is 36.8 Å². The van der Waals surface area contributed by atoms with Crippen LogP contribution in [0.4, 0.5) is 0 Å². The van der Waals surface area contributed by atoms with Crippen molar-refractivity contribution in [3.63, 3.8) is 0 Å². The molecule has 2 heterocycles. The van der Waals surface area contributed by atoms with Gasteiger partial charge in [-0.15, -0.1) is 6.42 Å². The van der Waals surface area contributed by atoms with Crippen molar-refractivity contribution in [2.75, 3.05) is 20.3 Å². The fourth-order valence-electron chi connectivity index (χ4n) is 4.50. The summed E-state index contributed by atoms with van der Waals surface area (Å²) in [4.78, 5) is 32.8. The summed E-state index contributed by atoms with van der Waals surface area (Å²) in [5, 5.41) is 0. The first-order valence-corrected chi connectivity index (χ1v) is 13.4. The van der Waals surface area contributed by atoms with Gasteiger partial charge in [-0.2, -0.15) is 0 Å². The Bertz CT molecular complexity index is 1790. The van der Waals surface area contributed by atoms with E-state index >= 15 is 0 Å². The number of rotatable bonds is 8. The maximum Gasteiger partial charge on any atom is 0.338 e. The van der Waals surface area contributed by atoms with Crippen molar-refractivity contribution in [3.8, 4) is 23.8 Å². The molecule has 1 aliphatic heterocycles. The maximum atomic E-state index is 14.0. The highest BCUT2D eigenvalue weighted by Crippen LogP contribution is 2.36. The Morgan fingerprint density at radius 1 is 1.07 bits per heavy atom. The van der Waals surface area contributed by atoms with Crippen LogP contribution in [-0.4, -0.2) is 30.9 Å². The van der Waals surface area contributed by atoms with Crippen LogP contribution in [0.3, 0.4) is 0 Å². The molecular formula is C32H26N2O5S. The van der Waals surface area contributed by atoms with Gasteiger partial charge in [0.1, 0.15) is 18.1 Å². The van der Waals surface area contributed by atoms with Crippen molar-refractivity contribution < 1.29 is 19.0 Å². The molecule has 8 heteroatoms. The van der Waals surface area contributed by atoms with Crippen LogP contribution >= 0.6 is 11.3 Å². The molecule has 200 valence electrons. The van der Waals surface area contributed by atoms with Gasteiger partial charge < -0.3 is 14.2 Å². The fourth-order valence-corrected chi connectivity index (χ4v) is 5.50. The van der Waals surface area contributed by atoms with Crippen molar-refractivity contribution in [3.05, 3.63) is 121 Å². The number of fused-ring (bicyclic) bond motifs is 1. The summed E-state index contributed by atoms with van der Waals surface area (Å²) in [5.74, 6) is 3.15. The molecular weight excluding hydrogens is 524 g/mol. The normalized spacial score (nSPS) is 14.6. The van der Waals surface area contributed by atoms with Gasteiger partial charge in [0.2, 0.25) is 0 Å². The third kappa shape index (κ3) is 5.33. The fraction of sp³-hybridized carbons (Fsp3) is 0.156. The number of terminal acetylenes is 1. The second-order valence-corrected chi connectivity index (χ2v) is 9.78. The number of thiazole rings is 1. The Morgan fingerprint density at radius 3 is 2.55 bits per heavy atom. The lowest BCUT2D eigenvalue weighted by atomic mass is 9.93. The van der Waals surface area contributed by atoms with Crippen molar-refractivity contribution in [2.45, 2.75) is 13.0 Å². The van der Waals surface area contributed by atoms with Gasteiger partial charge in [-0.25, -0.2) is 9.79 Å². The number of aromatic nitrogens is 1. The Kier molecular flexibility index (Phi) is 7.94. The molecule has 0 saturated heterocycles. The third-order valence-corrected chi connectivity index (χ3v) is 7.27. The first kappa shape index (κ1) is 26.7. The lowest BCUT2D eigenvalue weighted by Gasteiger charge is -2.26. The van der Waals surface area contributed by atoms with Gasteiger partial charge in [0, 0.05) is 5.56 Å². The molecule has 0 amide bonds. The second-order valence-electron chi connectivity index (χ2n) is 8.77. The van der Waals surface area contributed by atoms with Crippen molar-refractivity contribution >= 4 is 29.1 Å². The Labute approximate surface area is 235 Å². The van der Waals surface area contributed by atoms with Gasteiger partial charge in [0.05, 0.1) is 35.6 Å².